The lowest BCUT2D eigenvalue weighted by atomic mass is 9.73. The third kappa shape index (κ3) is 2.95. The fourth-order valence-electron chi connectivity index (χ4n) is 3.39. The van der Waals surface area contributed by atoms with Crippen molar-refractivity contribution in [3.8, 4) is 0 Å². The molecule has 3 atom stereocenters. The van der Waals surface area contributed by atoms with E-state index in [2.05, 4.69) is 37.2 Å². The average molecular weight is 241 g/mol. The minimum atomic E-state index is 0.524. The Morgan fingerprint density at radius 1 is 1.12 bits per heavy atom. The van der Waals surface area contributed by atoms with E-state index in [0.717, 1.165) is 17.3 Å². The van der Waals surface area contributed by atoms with Crippen LogP contribution in [0.5, 0.6) is 0 Å². The van der Waals surface area contributed by atoms with Crippen LogP contribution in [0, 0.1) is 5.41 Å². The van der Waals surface area contributed by atoms with Gasteiger partial charge < -0.3 is 5.32 Å². The minimum absolute atomic E-state index is 0.524. The second kappa shape index (κ2) is 5.30. The van der Waals surface area contributed by atoms with Gasteiger partial charge in [-0.1, -0.05) is 26.7 Å². The molecule has 0 aromatic carbocycles. The molecule has 2 rings (SSSR count). The van der Waals surface area contributed by atoms with E-state index in [1.165, 1.54) is 44.9 Å². The second-order valence-electron chi connectivity index (χ2n) is 6.32. The highest BCUT2D eigenvalue weighted by atomic mass is 32.2. The van der Waals surface area contributed by atoms with Gasteiger partial charge in [0.15, 0.2) is 0 Å². The van der Waals surface area contributed by atoms with Crippen molar-refractivity contribution >= 4 is 11.8 Å². The molecule has 0 aromatic heterocycles. The zero-order chi connectivity index (χ0) is 11.6. The zero-order valence-electron chi connectivity index (χ0n) is 11.1. The van der Waals surface area contributed by atoms with Gasteiger partial charge in [-0.05, 0) is 43.8 Å². The van der Waals surface area contributed by atoms with Crippen LogP contribution in [0.4, 0.5) is 0 Å². The van der Waals surface area contributed by atoms with Crippen molar-refractivity contribution in [3.63, 3.8) is 0 Å². The first-order valence-corrected chi connectivity index (χ1v) is 8.19. The largest absolute Gasteiger partial charge is 0.311 e. The van der Waals surface area contributed by atoms with Crippen LogP contribution >= 0.6 is 11.8 Å². The molecule has 0 saturated heterocycles. The van der Waals surface area contributed by atoms with Gasteiger partial charge in [0.2, 0.25) is 0 Å². The molecule has 0 aromatic rings. The summed E-state index contributed by atoms with van der Waals surface area (Å²) in [6.45, 7) is 4.90. The zero-order valence-corrected chi connectivity index (χ0v) is 11.9. The molecule has 2 saturated carbocycles. The summed E-state index contributed by atoms with van der Waals surface area (Å²) in [5.74, 6) is 0. The normalized spacial score (nSPS) is 38.8. The standard InChI is InChI=1S/C14H27NS/c1-14(2)9-5-4-6-13(14)15-11-7-8-12(10-11)16-3/h11-13,15H,4-10H2,1-3H3. The van der Waals surface area contributed by atoms with E-state index in [0.29, 0.717) is 5.41 Å². The lowest BCUT2D eigenvalue weighted by molar-refractivity contribution is 0.155. The Kier molecular flexibility index (Phi) is 4.23. The van der Waals surface area contributed by atoms with Gasteiger partial charge in [-0.15, -0.1) is 0 Å². The van der Waals surface area contributed by atoms with Crippen LogP contribution in [-0.4, -0.2) is 23.6 Å². The van der Waals surface area contributed by atoms with Gasteiger partial charge >= 0.3 is 0 Å². The van der Waals surface area contributed by atoms with Crippen LogP contribution in [-0.2, 0) is 0 Å². The van der Waals surface area contributed by atoms with Crippen LogP contribution in [0.3, 0.4) is 0 Å². The molecule has 0 bridgehead atoms. The second-order valence-corrected chi connectivity index (χ2v) is 7.46. The lowest BCUT2D eigenvalue weighted by Gasteiger charge is -2.40. The number of nitrogens with one attached hydrogen (secondary N) is 1. The molecule has 1 nitrogen and oxygen atoms in total. The van der Waals surface area contributed by atoms with Gasteiger partial charge in [-0.25, -0.2) is 0 Å². The predicted molar refractivity (Wildman–Crippen MR) is 74.1 cm³/mol. The molecular formula is C14H27NS. The minimum Gasteiger partial charge on any atom is -0.311 e. The van der Waals surface area contributed by atoms with Gasteiger partial charge in [0.1, 0.15) is 0 Å². The summed E-state index contributed by atoms with van der Waals surface area (Å²) in [7, 11) is 0. The highest BCUT2D eigenvalue weighted by molar-refractivity contribution is 7.99. The Morgan fingerprint density at radius 3 is 2.56 bits per heavy atom. The van der Waals surface area contributed by atoms with Gasteiger partial charge in [-0.2, -0.15) is 11.8 Å². The Hall–Kier alpha value is 0.310. The molecule has 0 amide bonds. The van der Waals surface area contributed by atoms with Gasteiger partial charge in [0.25, 0.3) is 0 Å². The van der Waals surface area contributed by atoms with Crippen LogP contribution in [0.15, 0.2) is 0 Å². The first-order chi connectivity index (χ1) is 7.62. The van der Waals surface area contributed by atoms with Crippen molar-refractivity contribution < 1.29 is 0 Å². The summed E-state index contributed by atoms with van der Waals surface area (Å²) >= 11 is 2.06. The Bertz CT molecular complexity index is 227. The smallest absolute Gasteiger partial charge is 0.0121 e. The SMILES string of the molecule is CSC1CCC(NC2CCCCC2(C)C)C1. The summed E-state index contributed by atoms with van der Waals surface area (Å²) in [4.78, 5) is 0. The van der Waals surface area contributed by atoms with Crippen LogP contribution < -0.4 is 5.32 Å². The number of hydrogen-bond donors (Lipinski definition) is 1. The molecular weight excluding hydrogens is 214 g/mol. The lowest BCUT2D eigenvalue weighted by Crippen LogP contribution is -2.48. The molecule has 0 radical (unpaired) electrons. The highest BCUT2D eigenvalue weighted by Crippen LogP contribution is 2.37. The Balaban J connectivity index is 1.84. The molecule has 1 N–H and O–H groups in total. The van der Waals surface area contributed by atoms with Crippen molar-refractivity contribution in [2.24, 2.45) is 5.41 Å². The monoisotopic (exact) mass is 241 g/mol. The first-order valence-electron chi connectivity index (χ1n) is 6.90. The van der Waals surface area contributed by atoms with Crippen molar-refractivity contribution in [2.75, 3.05) is 6.26 Å². The number of thioether (sulfide) groups is 1. The van der Waals surface area contributed by atoms with Gasteiger partial charge in [-0.3, -0.25) is 0 Å². The summed E-state index contributed by atoms with van der Waals surface area (Å²) in [5.41, 5.74) is 0.524. The quantitative estimate of drug-likeness (QED) is 0.806. The molecule has 2 aliphatic carbocycles. The third-order valence-electron chi connectivity index (χ3n) is 4.66. The van der Waals surface area contributed by atoms with Crippen LogP contribution in [0.25, 0.3) is 0 Å². The molecule has 0 spiro atoms. The number of rotatable bonds is 3. The highest BCUT2D eigenvalue weighted by Gasteiger charge is 2.35. The van der Waals surface area contributed by atoms with Crippen molar-refractivity contribution in [1.29, 1.82) is 0 Å². The summed E-state index contributed by atoms with van der Waals surface area (Å²) in [6.07, 6.45) is 12.1. The fourth-order valence-corrected chi connectivity index (χ4v) is 4.19. The molecule has 0 aliphatic heterocycles. The van der Waals surface area contributed by atoms with Crippen molar-refractivity contribution in [1.82, 2.24) is 5.32 Å². The van der Waals surface area contributed by atoms with Gasteiger partial charge in [0.05, 0.1) is 0 Å². The van der Waals surface area contributed by atoms with Crippen molar-refractivity contribution in [2.45, 2.75) is 76.1 Å². The van der Waals surface area contributed by atoms with Crippen LogP contribution in [0.1, 0.15) is 58.8 Å². The number of hydrogen-bond acceptors (Lipinski definition) is 2. The molecule has 94 valence electrons. The topological polar surface area (TPSA) is 12.0 Å². The molecule has 16 heavy (non-hydrogen) atoms. The third-order valence-corrected chi connectivity index (χ3v) is 5.76. The van der Waals surface area contributed by atoms with Gasteiger partial charge in [0, 0.05) is 17.3 Å². The maximum absolute atomic E-state index is 3.96. The van der Waals surface area contributed by atoms with E-state index < -0.39 is 0 Å². The average Bonchev–Trinajstić information content (AvgIpc) is 2.69. The molecule has 3 unspecified atom stereocenters. The Morgan fingerprint density at radius 2 is 1.94 bits per heavy atom. The van der Waals surface area contributed by atoms with E-state index >= 15 is 0 Å². The summed E-state index contributed by atoms with van der Waals surface area (Å²) in [6, 6.07) is 1.58. The fraction of sp³-hybridized carbons (Fsp3) is 1.00. The summed E-state index contributed by atoms with van der Waals surface area (Å²) < 4.78 is 0. The Labute approximate surface area is 105 Å². The molecule has 0 heterocycles. The van der Waals surface area contributed by atoms with E-state index in [4.69, 9.17) is 0 Å². The molecule has 2 aliphatic rings. The summed E-state index contributed by atoms with van der Waals surface area (Å²) in [5, 5.41) is 4.88. The molecule has 2 heteroatoms. The molecule has 2 fully saturated rings. The maximum atomic E-state index is 3.96. The van der Waals surface area contributed by atoms with Crippen LogP contribution in [0.2, 0.25) is 0 Å². The van der Waals surface area contributed by atoms with E-state index in [-0.39, 0.29) is 0 Å². The van der Waals surface area contributed by atoms with E-state index in [1.807, 2.05) is 0 Å². The van der Waals surface area contributed by atoms with E-state index in [1.54, 1.807) is 0 Å². The maximum Gasteiger partial charge on any atom is 0.0121 e. The first kappa shape index (κ1) is 12.8. The van der Waals surface area contributed by atoms with Crippen molar-refractivity contribution in [3.05, 3.63) is 0 Å². The predicted octanol–water partition coefficient (Wildman–Crippen LogP) is 3.83. The van der Waals surface area contributed by atoms with E-state index in [9.17, 15) is 0 Å².